The first-order valence-corrected chi connectivity index (χ1v) is 11.0. The molecule has 6 heteroatoms. The van der Waals surface area contributed by atoms with Crippen LogP contribution < -0.4 is 9.47 Å². The Morgan fingerprint density at radius 2 is 1.29 bits per heavy atom. The van der Waals surface area contributed by atoms with Gasteiger partial charge in [0.25, 0.3) is 0 Å². The predicted molar refractivity (Wildman–Crippen MR) is 127 cm³/mol. The van der Waals surface area contributed by atoms with Crippen LogP contribution in [0.15, 0.2) is 30.3 Å². The van der Waals surface area contributed by atoms with Gasteiger partial charge in [-0.05, 0) is 67.7 Å². The standard InChI is InChI=1S/C25H28Cl2O4/c1-6-7-8-9-10-19(17-11-20(15(2)28)24(30-4)22(26)13-17)18-12-21(16(3)29)25(31-5)23(27)14-18/h10-14H,6-9H2,1-5H3. The zero-order valence-corrected chi connectivity index (χ0v) is 20.1. The first kappa shape index (κ1) is 25.0. The van der Waals surface area contributed by atoms with Gasteiger partial charge in [0.2, 0.25) is 0 Å². The van der Waals surface area contributed by atoms with Crippen LogP contribution in [0.1, 0.15) is 78.3 Å². The smallest absolute Gasteiger partial charge is 0.163 e. The largest absolute Gasteiger partial charge is 0.494 e. The minimum Gasteiger partial charge on any atom is -0.494 e. The number of ketones is 2. The minimum absolute atomic E-state index is 0.150. The molecule has 0 radical (unpaired) electrons. The van der Waals surface area contributed by atoms with Gasteiger partial charge in [0.1, 0.15) is 11.5 Å². The molecule has 0 N–H and O–H groups in total. The van der Waals surface area contributed by atoms with Gasteiger partial charge in [-0.3, -0.25) is 9.59 Å². The van der Waals surface area contributed by atoms with Crippen LogP contribution >= 0.6 is 23.2 Å². The van der Waals surface area contributed by atoms with Crippen LogP contribution in [0.2, 0.25) is 10.0 Å². The maximum Gasteiger partial charge on any atom is 0.163 e. The van der Waals surface area contributed by atoms with Crippen LogP contribution in [0, 0.1) is 0 Å². The fourth-order valence-corrected chi connectivity index (χ4v) is 4.07. The SMILES string of the molecule is CCCCCC=C(c1cc(Cl)c(OC)c(C(C)=O)c1)c1cc(Cl)c(OC)c(C(C)=O)c1. The summed E-state index contributed by atoms with van der Waals surface area (Å²) in [6, 6.07) is 7.07. The zero-order chi connectivity index (χ0) is 23.1. The number of hydrogen-bond acceptors (Lipinski definition) is 4. The number of allylic oxidation sites excluding steroid dienone is 1. The van der Waals surface area contributed by atoms with E-state index in [0.29, 0.717) is 32.7 Å². The molecule has 4 nitrogen and oxygen atoms in total. The number of halogens is 2. The Hall–Kier alpha value is -2.30. The van der Waals surface area contributed by atoms with Gasteiger partial charge in [-0.15, -0.1) is 0 Å². The van der Waals surface area contributed by atoms with Crippen LogP contribution in [0.4, 0.5) is 0 Å². The number of Topliss-reactive ketones (excluding diaryl/α,β-unsaturated/α-hetero) is 2. The molecular formula is C25H28Cl2O4. The summed E-state index contributed by atoms with van der Waals surface area (Å²) in [5.41, 5.74) is 3.15. The highest BCUT2D eigenvalue weighted by atomic mass is 35.5. The molecule has 0 aliphatic heterocycles. The zero-order valence-electron chi connectivity index (χ0n) is 18.6. The van der Waals surface area contributed by atoms with Crippen LogP contribution in [-0.4, -0.2) is 25.8 Å². The van der Waals surface area contributed by atoms with Crippen molar-refractivity contribution >= 4 is 40.3 Å². The maximum absolute atomic E-state index is 12.2. The molecule has 0 bridgehead atoms. The Morgan fingerprint density at radius 1 is 0.839 bits per heavy atom. The number of benzene rings is 2. The third-order valence-electron chi connectivity index (χ3n) is 5.03. The number of carbonyl (C=O) groups is 2. The van der Waals surface area contributed by atoms with E-state index < -0.39 is 0 Å². The lowest BCUT2D eigenvalue weighted by atomic mass is 9.92. The fourth-order valence-electron chi connectivity index (χ4n) is 3.48. The number of methoxy groups -OCH3 is 2. The number of carbonyl (C=O) groups excluding carboxylic acids is 2. The summed E-state index contributed by atoms with van der Waals surface area (Å²) in [5.74, 6) is 0.395. The van der Waals surface area contributed by atoms with Crippen molar-refractivity contribution in [2.75, 3.05) is 14.2 Å². The normalized spacial score (nSPS) is 10.5. The molecule has 166 valence electrons. The van der Waals surface area contributed by atoms with Gasteiger partial charge >= 0.3 is 0 Å². The number of ether oxygens (including phenoxy) is 2. The summed E-state index contributed by atoms with van der Waals surface area (Å²) in [7, 11) is 2.97. The lowest BCUT2D eigenvalue weighted by molar-refractivity contribution is 0.100. The first-order chi connectivity index (χ1) is 14.7. The molecule has 0 aliphatic carbocycles. The highest BCUT2D eigenvalue weighted by Crippen LogP contribution is 2.38. The van der Waals surface area contributed by atoms with Crippen molar-refractivity contribution in [2.24, 2.45) is 0 Å². The predicted octanol–water partition coefficient (Wildman–Crippen LogP) is 7.43. The van der Waals surface area contributed by atoms with Crippen molar-refractivity contribution in [1.29, 1.82) is 0 Å². The Kier molecular flexibility index (Phi) is 9.15. The Bertz CT molecular complexity index is 936. The Balaban J connectivity index is 2.74. The van der Waals surface area contributed by atoms with Gasteiger partial charge in [-0.2, -0.15) is 0 Å². The first-order valence-electron chi connectivity index (χ1n) is 10.2. The molecule has 0 amide bonds. The van der Waals surface area contributed by atoms with E-state index >= 15 is 0 Å². The number of unbranched alkanes of at least 4 members (excludes halogenated alkanes) is 3. The molecule has 31 heavy (non-hydrogen) atoms. The summed E-state index contributed by atoms with van der Waals surface area (Å²) in [6.07, 6.45) is 6.16. The van der Waals surface area contributed by atoms with E-state index in [1.54, 1.807) is 24.3 Å². The molecule has 2 rings (SSSR count). The molecule has 0 fully saturated rings. The second kappa shape index (κ2) is 11.4. The topological polar surface area (TPSA) is 52.6 Å². The van der Waals surface area contributed by atoms with Crippen molar-refractivity contribution in [3.8, 4) is 11.5 Å². The van der Waals surface area contributed by atoms with Crippen molar-refractivity contribution in [3.63, 3.8) is 0 Å². The van der Waals surface area contributed by atoms with Gasteiger partial charge in [0, 0.05) is 0 Å². The number of hydrogen-bond donors (Lipinski definition) is 0. The van der Waals surface area contributed by atoms with Gasteiger partial charge < -0.3 is 9.47 Å². The van der Waals surface area contributed by atoms with E-state index in [4.69, 9.17) is 32.7 Å². The van der Waals surface area contributed by atoms with Crippen LogP contribution in [-0.2, 0) is 0 Å². The van der Waals surface area contributed by atoms with Crippen LogP contribution in [0.25, 0.3) is 5.57 Å². The molecule has 0 saturated carbocycles. The molecular weight excluding hydrogens is 435 g/mol. The van der Waals surface area contributed by atoms with Gasteiger partial charge in [-0.1, -0.05) is 49.0 Å². The van der Waals surface area contributed by atoms with Crippen molar-refractivity contribution < 1.29 is 19.1 Å². The molecule has 0 aromatic heterocycles. The molecule has 0 heterocycles. The second-order valence-electron chi connectivity index (χ2n) is 7.30. The van der Waals surface area contributed by atoms with Crippen LogP contribution in [0.3, 0.4) is 0 Å². The minimum atomic E-state index is -0.150. The highest BCUT2D eigenvalue weighted by Gasteiger charge is 2.20. The highest BCUT2D eigenvalue weighted by molar-refractivity contribution is 6.33. The average molecular weight is 463 g/mol. The third-order valence-corrected chi connectivity index (χ3v) is 5.59. The van der Waals surface area contributed by atoms with E-state index in [1.165, 1.54) is 28.1 Å². The van der Waals surface area contributed by atoms with Crippen LogP contribution in [0.5, 0.6) is 11.5 Å². The summed E-state index contributed by atoms with van der Waals surface area (Å²) >= 11 is 12.9. The van der Waals surface area contributed by atoms with E-state index in [2.05, 4.69) is 13.0 Å². The van der Waals surface area contributed by atoms with E-state index in [-0.39, 0.29) is 11.6 Å². The lowest BCUT2D eigenvalue weighted by Crippen LogP contribution is -2.03. The van der Waals surface area contributed by atoms with Crippen molar-refractivity contribution in [3.05, 3.63) is 62.6 Å². The Labute approximate surface area is 194 Å². The molecule has 0 atom stereocenters. The quantitative estimate of drug-likeness (QED) is 0.272. The van der Waals surface area contributed by atoms with Crippen molar-refractivity contribution in [1.82, 2.24) is 0 Å². The summed E-state index contributed by atoms with van der Waals surface area (Å²) in [4.78, 5) is 24.5. The van der Waals surface area contributed by atoms with Gasteiger partial charge in [0.05, 0.1) is 35.4 Å². The van der Waals surface area contributed by atoms with Crippen molar-refractivity contribution in [2.45, 2.75) is 46.5 Å². The van der Waals surface area contributed by atoms with E-state index in [1.807, 2.05) is 0 Å². The lowest BCUT2D eigenvalue weighted by Gasteiger charge is -2.16. The Morgan fingerprint density at radius 3 is 1.65 bits per heavy atom. The maximum atomic E-state index is 12.2. The van der Waals surface area contributed by atoms with E-state index in [0.717, 1.165) is 42.4 Å². The summed E-state index contributed by atoms with van der Waals surface area (Å²) in [5, 5.41) is 0.687. The van der Waals surface area contributed by atoms with Gasteiger partial charge in [0.15, 0.2) is 11.6 Å². The average Bonchev–Trinajstić information content (AvgIpc) is 2.72. The fraction of sp³-hybridized carbons (Fsp3) is 0.360. The summed E-state index contributed by atoms with van der Waals surface area (Å²) in [6.45, 7) is 5.09. The molecule has 2 aromatic rings. The number of rotatable bonds is 10. The van der Waals surface area contributed by atoms with E-state index in [9.17, 15) is 9.59 Å². The molecule has 0 aliphatic rings. The molecule has 0 spiro atoms. The summed E-state index contributed by atoms with van der Waals surface area (Å²) < 4.78 is 10.7. The molecule has 0 unspecified atom stereocenters. The third kappa shape index (κ3) is 5.90. The monoisotopic (exact) mass is 462 g/mol. The van der Waals surface area contributed by atoms with Gasteiger partial charge in [-0.25, -0.2) is 0 Å². The second-order valence-corrected chi connectivity index (χ2v) is 8.12. The molecule has 2 aromatic carbocycles. The molecule has 0 saturated heterocycles.